The number of rotatable bonds is 5. The standard InChI is InChI=1S/C23H23ClF2N2O3/c1-12-9-13(3-5-16(12)24)23(7-8-23)28-22(30)27-21-15(4-6-19(21)29)20-17(25)10-14(31-2)11-18(20)26/h3,5,9-11,15,21H,4,6-8H2,1-2H3,(H2,27,28,30)/t15-,21-/m0/s1. The number of methoxy groups -OCH3 is 1. The van der Waals surface area contributed by atoms with Crippen molar-refractivity contribution in [2.75, 3.05) is 7.11 Å². The van der Waals surface area contributed by atoms with Gasteiger partial charge in [-0.05, 0) is 43.4 Å². The Morgan fingerprint density at radius 1 is 1.19 bits per heavy atom. The second kappa shape index (κ2) is 8.11. The third kappa shape index (κ3) is 4.11. The first kappa shape index (κ1) is 21.6. The number of halogens is 3. The van der Waals surface area contributed by atoms with E-state index in [0.29, 0.717) is 5.02 Å². The molecule has 2 N–H and O–H groups in total. The molecule has 164 valence electrons. The molecular weight excluding hydrogens is 426 g/mol. The predicted molar refractivity (Wildman–Crippen MR) is 112 cm³/mol. The Hall–Kier alpha value is -2.67. The van der Waals surface area contributed by atoms with Gasteiger partial charge < -0.3 is 15.4 Å². The molecule has 8 heteroatoms. The van der Waals surface area contributed by atoms with E-state index >= 15 is 0 Å². The molecule has 0 heterocycles. The van der Waals surface area contributed by atoms with Crippen LogP contribution < -0.4 is 15.4 Å². The zero-order valence-corrected chi connectivity index (χ0v) is 18.0. The highest BCUT2D eigenvalue weighted by Gasteiger charge is 2.47. The maximum atomic E-state index is 14.6. The van der Waals surface area contributed by atoms with Crippen LogP contribution in [0.2, 0.25) is 5.02 Å². The summed E-state index contributed by atoms with van der Waals surface area (Å²) in [5.74, 6) is -2.56. The first-order valence-corrected chi connectivity index (χ1v) is 10.5. The SMILES string of the molecule is COc1cc(F)c([C@@H]2CCC(=O)[C@H]2NC(=O)NC2(c3ccc(Cl)c(C)c3)CC2)c(F)c1. The molecule has 2 aliphatic carbocycles. The number of ketones is 1. The van der Waals surface area contributed by atoms with Crippen molar-refractivity contribution in [3.05, 3.63) is 63.7 Å². The van der Waals surface area contributed by atoms with Gasteiger partial charge in [0.1, 0.15) is 17.4 Å². The Labute approximate surface area is 184 Å². The number of hydrogen-bond donors (Lipinski definition) is 2. The number of nitrogens with one attached hydrogen (secondary N) is 2. The van der Waals surface area contributed by atoms with Gasteiger partial charge in [-0.3, -0.25) is 4.79 Å². The van der Waals surface area contributed by atoms with Gasteiger partial charge in [0.15, 0.2) is 5.78 Å². The molecule has 2 aromatic rings. The summed E-state index contributed by atoms with van der Waals surface area (Å²) < 4.78 is 34.1. The monoisotopic (exact) mass is 448 g/mol. The van der Waals surface area contributed by atoms with E-state index in [2.05, 4.69) is 10.6 Å². The molecule has 0 aromatic heterocycles. The van der Waals surface area contributed by atoms with Crippen LogP contribution in [0.4, 0.5) is 13.6 Å². The van der Waals surface area contributed by atoms with Gasteiger partial charge in [0.25, 0.3) is 0 Å². The second-order valence-electron chi connectivity index (χ2n) is 8.24. The molecular formula is C23H23ClF2N2O3. The molecule has 0 saturated heterocycles. The molecule has 0 aliphatic heterocycles. The summed E-state index contributed by atoms with van der Waals surface area (Å²) in [4.78, 5) is 25.2. The van der Waals surface area contributed by atoms with Gasteiger partial charge in [-0.1, -0.05) is 23.7 Å². The lowest BCUT2D eigenvalue weighted by atomic mass is 9.92. The zero-order chi connectivity index (χ0) is 22.3. The summed E-state index contributed by atoms with van der Waals surface area (Å²) in [6.07, 6.45) is 1.91. The maximum Gasteiger partial charge on any atom is 0.316 e. The van der Waals surface area contributed by atoms with E-state index in [4.69, 9.17) is 16.3 Å². The maximum absolute atomic E-state index is 14.6. The molecule has 4 rings (SSSR count). The number of carbonyl (C=O) groups is 2. The van der Waals surface area contributed by atoms with E-state index in [9.17, 15) is 18.4 Å². The van der Waals surface area contributed by atoms with Crippen molar-refractivity contribution in [1.29, 1.82) is 0 Å². The van der Waals surface area contributed by atoms with E-state index in [1.807, 2.05) is 19.1 Å². The molecule has 0 bridgehead atoms. The number of benzene rings is 2. The van der Waals surface area contributed by atoms with Gasteiger partial charge in [0.05, 0.1) is 18.7 Å². The van der Waals surface area contributed by atoms with Gasteiger partial charge in [-0.15, -0.1) is 0 Å². The van der Waals surface area contributed by atoms with Crippen LogP contribution in [-0.2, 0) is 10.3 Å². The Morgan fingerprint density at radius 3 is 2.45 bits per heavy atom. The number of Topliss-reactive ketones (excluding diaryl/α,β-unsaturated/α-hetero) is 1. The molecule has 2 saturated carbocycles. The van der Waals surface area contributed by atoms with Crippen molar-refractivity contribution in [2.24, 2.45) is 0 Å². The fourth-order valence-corrected chi connectivity index (χ4v) is 4.43. The molecule has 31 heavy (non-hydrogen) atoms. The third-order valence-corrected chi connectivity index (χ3v) is 6.63. The zero-order valence-electron chi connectivity index (χ0n) is 17.2. The topological polar surface area (TPSA) is 67.4 Å². The van der Waals surface area contributed by atoms with E-state index in [-0.39, 0.29) is 29.9 Å². The summed E-state index contributed by atoms with van der Waals surface area (Å²) in [5, 5.41) is 6.25. The Bertz CT molecular complexity index is 1030. The summed E-state index contributed by atoms with van der Waals surface area (Å²) in [6.45, 7) is 1.89. The first-order chi connectivity index (χ1) is 14.7. The predicted octanol–water partition coefficient (Wildman–Crippen LogP) is 4.74. The van der Waals surface area contributed by atoms with Crippen molar-refractivity contribution in [3.8, 4) is 5.75 Å². The van der Waals surface area contributed by atoms with Crippen LogP contribution in [0.1, 0.15) is 48.3 Å². The van der Waals surface area contributed by atoms with E-state index < -0.39 is 35.2 Å². The summed E-state index contributed by atoms with van der Waals surface area (Å²) in [6, 6.07) is 6.22. The number of ether oxygens (including phenoxy) is 1. The number of hydrogen-bond acceptors (Lipinski definition) is 3. The van der Waals surface area contributed by atoms with Crippen LogP contribution in [0.5, 0.6) is 5.75 Å². The average molecular weight is 449 g/mol. The smallest absolute Gasteiger partial charge is 0.316 e. The molecule has 2 atom stereocenters. The van der Waals surface area contributed by atoms with Crippen molar-refractivity contribution in [2.45, 2.75) is 50.1 Å². The lowest BCUT2D eigenvalue weighted by Gasteiger charge is -2.24. The fourth-order valence-electron chi connectivity index (χ4n) is 4.32. The highest BCUT2D eigenvalue weighted by Crippen LogP contribution is 2.46. The summed E-state index contributed by atoms with van der Waals surface area (Å²) in [7, 11) is 1.32. The average Bonchev–Trinajstić information content (AvgIpc) is 3.42. The summed E-state index contributed by atoms with van der Waals surface area (Å²) >= 11 is 6.10. The molecule has 0 spiro atoms. The number of amides is 2. The van der Waals surface area contributed by atoms with Gasteiger partial charge in [0.2, 0.25) is 0 Å². The minimum absolute atomic E-state index is 0.0549. The van der Waals surface area contributed by atoms with Crippen LogP contribution >= 0.6 is 11.6 Å². The van der Waals surface area contributed by atoms with E-state index in [1.165, 1.54) is 7.11 Å². The molecule has 0 radical (unpaired) electrons. The van der Waals surface area contributed by atoms with Crippen molar-refractivity contribution >= 4 is 23.4 Å². The van der Waals surface area contributed by atoms with Crippen LogP contribution in [-0.4, -0.2) is 25.0 Å². The first-order valence-electron chi connectivity index (χ1n) is 10.1. The Kier molecular flexibility index (Phi) is 5.64. The van der Waals surface area contributed by atoms with Gasteiger partial charge in [0, 0.05) is 35.1 Å². The molecule has 5 nitrogen and oxygen atoms in total. The number of aryl methyl sites for hydroxylation is 1. The minimum Gasteiger partial charge on any atom is -0.497 e. The molecule has 2 fully saturated rings. The van der Waals surface area contributed by atoms with Crippen molar-refractivity contribution < 1.29 is 23.1 Å². The fraction of sp³-hybridized carbons (Fsp3) is 0.391. The normalized spacial score (nSPS) is 21.6. The van der Waals surface area contributed by atoms with Gasteiger partial charge >= 0.3 is 6.03 Å². The summed E-state index contributed by atoms with van der Waals surface area (Å²) in [5.41, 5.74) is 1.12. The third-order valence-electron chi connectivity index (χ3n) is 6.21. The number of urea groups is 1. The number of carbonyl (C=O) groups excluding carboxylic acids is 2. The highest BCUT2D eigenvalue weighted by atomic mass is 35.5. The van der Waals surface area contributed by atoms with Crippen LogP contribution in [0, 0.1) is 18.6 Å². The Morgan fingerprint density at radius 2 is 1.87 bits per heavy atom. The van der Waals surface area contributed by atoms with Crippen molar-refractivity contribution in [3.63, 3.8) is 0 Å². The van der Waals surface area contributed by atoms with Crippen molar-refractivity contribution in [1.82, 2.24) is 10.6 Å². The van der Waals surface area contributed by atoms with Crippen LogP contribution in [0.3, 0.4) is 0 Å². The Balaban J connectivity index is 1.52. The van der Waals surface area contributed by atoms with Crippen LogP contribution in [0.25, 0.3) is 0 Å². The lowest BCUT2D eigenvalue weighted by Crippen LogP contribution is -2.49. The molecule has 2 aromatic carbocycles. The lowest BCUT2D eigenvalue weighted by molar-refractivity contribution is -0.119. The quantitative estimate of drug-likeness (QED) is 0.694. The van der Waals surface area contributed by atoms with Gasteiger partial charge in [-0.2, -0.15) is 0 Å². The van der Waals surface area contributed by atoms with Crippen LogP contribution in [0.15, 0.2) is 30.3 Å². The molecule has 2 amide bonds. The minimum atomic E-state index is -1.000. The molecule has 0 unspecified atom stereocenters. The van der Waals surface area contributed by atoms with E-state index in [1.54, 1.807) is 6.07 Å². The second-order valence-corrected chi connectivity index (χ2v) is 8.65. The van der Waals surface area contributed by atoms with Gasteiger partial charge in [-0.25, -0.2) is 13.6 Å². The highest BCUT2D eigenvalue weighted by molar-refractivity contribution is 6.31. The largest absolute Gasteiger partial charge is 0.497 e. The van der Waals surface area contributed by atoms with E-state index in [0.717, 1.165) is 36.1 Å². The molecule has 2 aliphatic rings.